The van der Waals surface area contributed by atoms with E-state index >= 15 is 0 Å². The molecule has 0 amide bonds. The summed E-state index contributed by atoms with van der Waals surface area (Å²) in [5.74, 6) is 1.49. The number of likely N-dealkylation sites (N-methyl/N-ethyl adjacent to an activating group) is 1. The van der Waals surface area contributed by atoms with Crippen LogP contribution in [-0.2, 0) is 13.0 Å². The Kier molecular flexibility index (Phi) is 5.58. The summed E-state index contributed by atoms with van der Waals surface area (Å²) in [7, 11) is 2.19. The van der Waals surface area contributed by atoms with E-state index in [0.29, 0.717) is 5.92 Å². The van der Waals surface area contributed by atoms with E-state index in [4.69, 9.17) is 0 Å². The molecule has 0 radical (unpaired) electrons. The summed E-state index contributed by atoms with van der Waals surface area (Å²) in [6.45, 7) is 9.71. The molecule has 0 aliphatic carbocycles. The van der Waals surface area contributed by atoms with E-state index in [9.17, 15) is 0 Å². The Hall–Kier alpha value is -1.79. The van der Waals surface area contributed by atoms with Gasteiger partial charge in [0.15, 0.2) is 5.82 Å². The third-order valence-corrected chi connectivity index (χ3v) is 4.84. The van der Waals surface area contributed by atoms with E-state index in [2.05, 4.69) is 70.5 Å². The van der Waals surface area contributed by atoms with Crippen molar-refractivity contribution in [1.29, 1.82) is 0 Å². The predicted molar refractivity (Wildman–Crippen MR) is 94.6 cm³/mol. The standard InChI is InChI=1S/C18H28N6/c1-15(2)17(23-13-11-22(3)12-14-23)18-19-20-21-24(18)10-9-16-7-5-4-6-8-16/h4-8,15,17H,9-14H2,1-3H3. The smallest absolute Gasteiger partial charge is 0.168 e. The molecule has 1 saturated heterocycles. The van der Waals surface area contributed by atoms with Gasteiger partial charge in [-0.25, -0.2) is 4.68 Å². The summed E-state index contributed by atoms with van der Waals surface area (Å²) >= 11 is 0. The Bertz CT molecular complexity index is 615. The van der Waals surface area contributed by atoms with Crippen molar-refractivity contribution in [2.75, 3.05) is 33.2 Å². The fraction of sp³-hybridized carbons (Fsp3) is 0.611. The molecule has 1 aromatic carbocycles. The lowest BCUT2D eigenvalue weighted by Gasteiger charge is -2.39. The zero-order valence-corrected chi connectivity index (χ0v) is 15.0. The molecule has 1 atom stereocenters. The number of aryl methyl sites for hydroxylation is 2. The fourth-order valence-electron chi connectivity index (χ4n) is 3.45. The van der Waals surface area contributed by atoms with Crippen molar-refractivity contribution in [2.24, 2.45) is 5.92 Å². The summed E-state index contributed by atoms with van der Waals surface area (Å²) in [5, 5.41) is 12.6. The first kappa shape index (κ1) is 17.0. The van der Waals surface area contributed by atoms with E-state index in [1.807, 2.05) is 10.7 Å². The number of aromatic nitrogens is 4. The van der Waals surface area contributed by atoms with Crippen LogP contribution in [0.15, 0.2) is 30.3 Å². The first-order valence-electron chi connectivity index (χ1n) is 8.87. The highest BCUT2D eigenvalue weighted by molar-refractivity contribution is 5.14. The van der Waals surface area contributed by atoms with Crippen molar-refractivity contribution in [3.63, 3.8) is 0 Å². The number of nitrogens with zero attached hydrogens (tertiary/aromatic N) is 6. The quantitative estimate of drug-likeness (QED) is 0.810. The maximum atomic E-state index is 4.39. The van der Waals surface area contributed by atoms with Crippen LogP contribution in [0, 0.1) is 5.92 Å². The molecular formula is C18H28N6. The van der Waals surface area contributed by atoms with Crippen molar-refractivity contribution in [1.82, 2.24) is 30.0 Å². The zero-order chi connectivity index (χ0) is 16.9. The minimum Gasteiger partial charge on any atom is -0.304 e. The van der Waals surface area contributed by atoms with Crippen LogP contribution in [0.1, 0.15) is 31.3 Å². The van der Waals surface area contributed by atoms with Gasteiger partial charge in [0.05, 0.1) is 6.04 Å². The highest BCUT2D eigenvalue weighted by Crippen LogP contribution is 2.27. The Morgan fingerprint density at radius 1 is 1.04 bits per heavy atom. The number of hydrogen-bond donors (Lipinski definition) is 0. The van der Waals surface area contributed by atoms with Crippen LogP contribution in [0.3, 0.4) is 0 Å². The summed E-state index contributed by atoms with van der Waals surface area (Å²) in [5.41, 5.74) is 1.32. The molecule has 0 saturated carbocycles. The SMILES string of the molecule is CC(C)C(c1nnnn1CCc1ccccc1)N1CCN(C)CC1. The van der Waals surface area contributed by atoms with Gasteiger partial charge < -0.3 is 4.90 Å². The van der Waals surface area contributed by atoms with Gasteiger partial charge in [-0.2, -0.15) is 0 Å². The van der Waals surface area contributed by atoms with Crippen molar-refractivity contribution in [3.05, 3.63) is 41.7 Å². The van der Waals surface area contributed by atoms with Crippen LogP contribution < -0.4 is 0 Å². The first-order chi connectivity index (χ1) is 11.6. The number of piperazine rings is 1. The van der Waals surface area contributed by atoms with E-state index in [0.717, 1.165) is 45.0 Å². The number of tetrazole rings is 1. The molecule has 1 aromatic heterocycles. The second-order valence-corrected chi connectivity index (χ2v) is 7.02. The molecule has 1 aliphatic rings. The maximum absolute atomic E-state index is 4.39. The monoisotopic (exact) mass is 328 g/mol. The van der Waals surface area contributed by atoms with Crippen LogP contribution in [0.2, 0.25) is 0 Å². The van der Waals surface area contributed by atoms with Gasteiger partial charge in [0, 0.05) is 32.7 Å². The van der Waals surface area contributed by atoms with Crippen molar-refractivity contribution in [2.45, 2.75) is 32.9 Å². The Balaban J connectivity index is 1.73. The molecule has 1 fully saturated rings. The highest BCUT2D eigenvalue weighted by Gasteiger charge is 2.30. The highest BCUT2D eigenvalue weighted by atomic mass is 15.6. The molecule has 2 heterocycles. The van der Waals surface area contributed by atoms with Gasteiger partial charge in [-0.3, -0.25) is 4.90 Å². The van der Waals surface area contributed by atoms with E-state index in [1.165, 1.54) is 5.56 Å². The summed E-state index contributed by atoms with van der Waals surface area (Å²) in [4.78, 5) is 4.92. The predicted octanol–water partition coefficient (Wildman–Crippen LogP) is 1.86. The molecule has 3 rings (SSSR count). The molecule has 0 N–H and O–H groups in total. The van der Waals surface area contributed by atoms with Gasteiger partial charge in [0.25, 0.3) is 0 Å². The van der Waals surface area contributed by atoms with Gasteiger partial charge in [-0.15, -0.1) is 5.10 Å². The Labute approximate surface area is 144 Å². The maximum Gasteiger partial charge on any atom is 0.168 e. The normalized spacial score (nSPS) is 18.2. The van der Waals surface area contributed by atoms with E-state index in [1.54, 1.807) is 0 Å². The number of benzene rings is 1. The van der Waals surface area contributed by atoms with E-state index in [-0.39, 0.29) is 6.04 Å². The van der Waals surface area contributed by atoms with Crippen LogP contribution >= 0.6 is 0 Å². The molecular weight excluding hydrogens is 300 g/mol. The summed E-state index contributed by atoms with van der Waals surface area (Å²) in [6.07, 6.45) is 0.951. The summed E-state index contributed by atoms with van der Waals surface area (Å²) < 4.78 is 2.00. The average Bonchev–Trinajstić information content (AvgIpc) is 3.04. The number of hydrogen-bond acceptors (Lipinski definition) is 5. The molecule has 2 aromatic rings. The van der Waals surface area contributed by atoms with Crippen molar-refractivity contribution in [3.8, 4) is 0 Å². The van der Waals surface area contributed by atoms with Crippen molar-refractivity contribution >= 4 is 0 Å². The van der Waals surface area contributed by atoms with Crippen LogP contribution in [0.4, 0.5) is 0 Å². The second-order valence-electron chi connectivity index (χ2n) is 7.02. The third-order valence-electron chi connectivity index (χ3n) is 4.84. The lowest BCUT2D eigenvalue weighted by molar-refractivity contribution is 0.0809. The molecule has 24 heavy (non-hydrogen) atoms. The molecule has 0 spiro atoms. The first-order valence-corrected chi connectivity index (χ1v) is 8.87. The topological polar surface area (TPSA) is 50.1 Å². The minimum absolute atomic E-state index is 0.282. The van der Waals surface area contributed by atoms with Gasteiger partial charge in [0.1, 0.15) is 0 Å². The zero-order valence-electron chi connectivity index (χ0n) is 15.0. The molecule has 6 heteroatoms. The molecule has 6 nitrogen and oxygen atoms in total. The van der Waals surface area contributed by atoms with E-state index < -0.39 is 0 Å². The Morgan fingerprint density at radius 2 is 1.75 bits per heavy atom. The van der Waals surface area contributed by atoms with Crippen LogP contribution in [-0.4, -0.2) is 63.2 Å². The van der Waals surface area contributed by atoms with Gasteiger partial charge >= 0.3 is 0 Å². The average molecular weight is 328 g/mol. The van der Waals surface area contributed by atoms with Crippen LogP contribution in [0.5, 0.6) is 0 Å². The lowest BCUT2D eigenvalue weighted by Crippen LogP contribution is -2.47. The molecule has 1 unspecified atom stereocenters. The summed E-state index contributed by atoms with van der Waals surface area (Å²) in [6, 6.07) is 10.8. The van der Waals surface area contributed by atoms with Crippen LogP contribution in [0.25, 0.3) is 0 Å². The largest absolute Gasteiger partial charge is 0.304 e. The molecule has 0 bridgehead atoms. The minimum atomic E-state index is 0.282. The van der Waals surface area contributed by atoms with Gasteiger partial charge in [-0.1, -0.05) is 44.2 Å². The third kappa shape index (κ3) is 3.99. The molecule has 130 valence electrons. The van der Waals surface area contributed by atoms with Crippen molar-refractivity contribution < 1.29 is 0 Å². The fourth-order valence-corrected chi connectivity index (χ4v) is 3.45. The second kappa shape index (κ2) is 7.85. The Morgan fingerprint density at radius 3 is 2.42 bits per heavy atom. The molecule has 1 aliphatic heterocycles. The van der Waals surface area contributed by atoms with Gasteiger partial charge in [0.2, 0.25) is 0 Å². The van der Waals surface area contributed by atoms with Gasteiger partial charge in [-0.05, 0) is 35.4 Å². The number of rotatable bonds is 6. The lowest BCUT2D eigenvalue weighted by atomic mass is 10.0.